The molecular formula is C22H36N6O10P2. The van der Waals surface area contributed by atoms with E-state index in [2.05, 4.69) is 0 Å². The smallest absolute Gasteiger partial charge is 0.339 e. The Morgan fingerprint density at radius 2 is 0.850 bits per heavy atom. The van der Waals surface area contributed by atoms with Crippen LogP contribution in [0.15, 0.2) is 46.0 Å². The van der Waals surface area contributed by atoms with Gasteiger partial charge in [0, 0.05) is 77.6 Å². The number of rotatable bonds is 8. The second-order valence-electron chi connectivity index (χ2n) is 9.73. The molecule has 16 nitrogen and oxygen atoms in total. The van der Waals surface area contributed by atoms with Gasteiger partial charge in [-0.25, -0.2) is 0 Å². The Kier molecular flexibility index (Phi) is 11.3. The van der Waals surface area contributed by atoms with Crippen LogP contribution >= 0.6 is 15.2 Å². The van der Waals surface area contributed by atoms with Gasteiger partial charge in [0.1, 0.15) is 12.6 Å². The van der Waals surface area contributed by atoms with Gasteiger partial charge in [-0.05, 0) is 12.1 Å². The lowest BCUT2D eigenvalue weighted by Crippen LogP contribution is -2.46. The lowest BCUT2D eigenvalue weighted by molar-refractivity contribution is 0.114. The molecule has 0 aromatic carbocycles. The molecule has 1 aliphatic heterocycles. The van der Waals surface area contributed by atoms with Crippen LogP contribution in [-0.4, -0.2) is 124 Å². The van der Waals surface area contributed by atoms with Gasteiger partial charge >= 0.3 is 15.2 Å². The van der Waals surface area contributed by atoms with Gasteiger partial charge in [-0.3, -0.25) is 38.3 Å². The molecule has 224 valence electrons. The Balaban J connectivity index is 1.86. The Hall–Kier alpha value is -2.36. The van der Waals surface area contributed by atoms with E-state index in [9.17, 15) is 48.7 Å². The van der Waals surface area contributed by atoms with Crippen molar-refractivity contribution < 1.29 is 39.1 Å². The summed E-state index contributed by atoms with van der Waals surface area (Å²) in [4.78, 5) is 69.2. The van der Waals surface area contributed by atoms with Crippen molar-refractivity contribution in [3.8, 4) is 0 Å². The zero-order valence-electron chi connectivity index (χ0n) is 21.8. The van der Waals surface area contributed by atoms with Crippen molar-refractivity contribution in [3.63, 3.8) is 0 Å². The van der Waals surface area contributed by atoms with E-state index < -0.39 is 38.9 Å². The van der Waals surface area contributed by atoms with E-state index in [0.29, 0.717) is 9.46 Å². The minimum absolute atomic E-state index is 0.105. The second kappa shape index (κ2) is 14.0. The molecular weight excluding hydrogens is 570 g/mol. The van der Waals surface area contributed by atoms with Crippen LogP contribution in [0.25, 0.3) is 0 Å². The van der Waals surface area contributed by atoms with E-state index in [1.54, 1.807) is 21.9 Å². The molecule has 2 aromatic rings. The fourth-order valence-corrected chi connectivity index (χ4v) is 6.05. The lowest BCUT2D eigenvalue weighted by atomic mass is 10.3. The first-order valence-electron chi connectivity index (χ1n) is 12.5. The number of hydrogen-bond donors (Lipinski definition) is 6. The number of aromatic nitrogens is 2. The highest BCUT2D eigenvalue weighted by Gasteiger charge is 2.25. The molecule has 1 saturated heterocycles. The van der Waals surface area contributed by atoms with E-state index in [-0.39, 0.29) is 76.8 Å². The molecule has 2 aromatic heterocycles. The Bertz CT molecular complexity index is 1220. The lowest BCUT2D eigenvalue weighted by Gasteiger charge is -2.34. The average Bonchev–Trinajstić information content (AvgIpc) is 2.84. The van der Waals surface area contributed by atoms with Crippen LogP contribution < -0.4 is 11.1 Å². The molecule has 40 heavy (non-hydrogen) atoms. The van der Waals surface area contributed by atoms with Crippen molar-refractivity contribution in [2.45, 2.75) is 13.1 Å². The highest BCUT2D eigenvalue weighted by atomic mass is 31.2. The van der Waals surface area contributed by atoms with E-state index in [4.69, 9.17) is 0 Å². The maximum Gasteiger partial charge on any atom is 0.339 e. The van der Waals surface area contributed by atoms with E-state index >= 15 is 0 Å². The third-order valence-corrected chi connectivity index (χ3v) is 8.02. The van der Waals surface area contributed by atoms with Gasteiger partial charge in [0.25, 0.3) is 11.1 Å². The van der Waals surface area contributed by atoms with Crippen LogP contribution in [0.3, 0.4) is 0 Å². The van der Waals surface area contributed by atoms with Gasteiger partial charge < -0.3 is 30.0 Å². The summed E-state index contributed by atoms with van der Waals surface area (Å²) in [6.07, 6.45) is -1.02. The molecule has 0 spiro atoms. The molecule has 1 fully saturated rings. The summed E-state index contributed by atoms with van der Waals surface area (Å²) in [5.41, 5.74) is -0.673. The van der Waals surface area contributed by atoms with Gasteiger partial charge in [0.05, 0.1) is 11.4 Å². The van der Waals surface area contributed by atoms with E-state index in [1.165, 1.54) is 24.3 Å². The normalized spacial score (nSPS) is 18.3. The van der Waals surface area contributed by atoms with Crippen LogP contribution in [0.4, 0.5) is 0 Å². The van der Waals surface area contributed by atoms with Gasteiger partial charge in [-0.2, -0.15) is 9.46 Å². The SMILES string of the molecule is O=c1cccc(CN2CCN(CP(=O)(O)O)CCN(Cc3cccc(=O)n3O)CCN(CP(=O)(O)O)CC2)n1O. The average molecular weight is 607 g/mol. The molecule has 3 rings (SSSR count). The molecule has 1 aliphatic rings. The van der Waals surface area contributed by atoms with Gasteiger partial charge in [-0.1, -0.05) is 12.1 Å². The van der Waals surface area contributed by atoms with Crippen LogP contribution in [0.2, 0.25) is 0 Å². The highest BCUT2D eigenvalue weighted by molar-refractivity contribution is 7.51. The monoisotopic (exact) mass is 606 g/mol. The molecule has 0 unspecified atom stereocenters. The summed E-state index contributed by atoms with van der Waals surface area (Å²) >= 11 is 0. The minimum Gasteiger partial charge on any atom is -0.425 e. The molecule has 0 radical (unpaired) electrons. The van der Waals surface area contributed by atoms with Gasteiger partial charge in [0.15, 0.2) is 0 Å². The van der Waals surface area contributed by atoms with Crippen LogP contribution in [0.5, 0.6) is 0 Å². The Morgan fingerprint density at radius 1 is 0.550 bits per heavy atom. The van der Waals surface area contributed by atoms with Crippen LogP contribution in [-0.2, 0) is 22.2 Å². The Labute approximate surface area is 230 Å². The van der Waals surface area contributed by atoms with Crippen molar-refractivity contribution in [1.82, 2.24) is 29.1 Å². The van der Waals surface area contributed by atoms with E-state index in [0.717, 1.165) is 0 Å². The zero-order valence-corrected chi connectivity index (χ0v) is 23.6. The first-order valence-corrected chi connectivity index (χ1v) is 16.1. The molecule has 0 saturated carbocycles. The maximum atomic E-state index is 11.9. The standard InChI is InChI=1S/C22H36N6O10P2/c29-21-5-1-3-19(27(21)31)15-23-7-11-25(17-39(33,34)35)13-9-24(16-20-4-2-6-22(30)28(20)32)10-14-26(12-8-23)18-40(36,37)38/h1-6,31-32H,7-18H2,(H2,33,34,35)(H2,36,37,38). The zero-order chi connectivity index (χ0) is 29.5. The van der Waals surface area contributed by atoms with Crippen molar-refractivity contribution in [2.24, 2.45) is 0 Å². The van der Waals surface area contributed by atoms with Crippen molar-refractivity contribution >= 4 is 15.2 Å². The third-order valence-electron chi connectivity index (χ3n) is 6.49. The second-order valence-corrected chi connectivity index (χ2v) is 13.0. The molecule has 3 heterocycles. The van der Waals surface area contributed by atoms with Gasteiger partial charge in [-0.15, -0.1) is 0 Å². The molecule has 0 aliphatic carbocycles. The van der Waals surface area contributed by atoms with Crippen LogP contribution in [0, 0.1) is 0 Å². The van der Waals surface area contributed by atoms with Crippen molar-refractivity contribution in [3.05, 3.63) is 68.5 Å². The molecule has 0 amide bonds. The maximum absolute atomic E-state index is 11.9. The number of pyridine rings is 2. The Morgan fingerprint density at radius 3 is 1.15 bits per heavy atom. The summed E-state index contributed by atoms with van der Waals surface area (Å²) in [5, 5.41) is 20.3. The summed E-state index contributed by atoms with van der Waals surface area (Å²) < 4.78 is 24.8. The quantitative estimate of drug-likeness (QED) is 0.152. The largest absolute Gasteiger partial charge is 0.425 e. The van der Waals surface area contributed by atoms with Crippen LogP contribution in [0.1, 0.15) is 11.4 Å². The first kappa shape index (κ1) is 32.2. The summed E-state index contributed by atoms with van der Waals surface area (Å²) in [7, 11) is -8.85. The third kappa shape index (κ3) is 10.6. The number of hydrogen-bond acceptors (Lipinski definition) is 10. The molecule has 0 atom stereocenters. The fraction of sp³-hybridized carbons (Fsp3) is 0.545. The first-order chi connectivity index (χ1) is 18.7. The molecule has 0 bridgehead atoms. The summed E-state index contributed by atoms with van der Waals surface area (Å²) in [6.45, 7) is 2.09. The molecule has 6 N–H and O–H groups in total. The predicted molar refractivity (Wildman–Crippen MR) is 143 cm³/mol. The highest BCUT2D eigenvalue weighted by Crippen LogP contribution is 2.36. The topological polar surface area (TPSA) is 212 Å². The van der Waals surface area contributed by atoms with E-state index in [1.807, 2.05) is 9.80 Å². The minimum atomic E-state index is -4.42. The summed E-state index contributed by atoms with van der Waals surface area (Å²) in [6, 6.07) is 8.49. The van der Waals surface area contributed by atoms with Crippen molar-refractivity contribution in [1.29, 1.82) is 0 Å². The predicted octanol–water partition coefficient (Wildman–Crippen LogP) is -1.32. The van der Waals surface area contributed by atoms with Gasteiger partial charge in [0.2, 0.25) is 0 Å². The van der Waals surface area contributed by atoms with Crippen molar-refractivity contribution in [2.75, 3.05) is 64.9 Å². The fourth-order valence-electron chi connectivity index (χ4n) is 4.44. The molecule has 18 heteroatoms. The summed E-state index contributed by atoms with van der Waals surface area (Å²) in [5.74, 6) is 0. The number of nitrogens with zero attached hydrogens (tertiary/aromatic N) is 6.